The number of nitriles is 1. The SMILES string of the molecule is CC(C)c1ccc(-n2nnnc2SCC#N)cc1. The molecule has 0 saturated heterocycles. The van der Waals surface area contributed by atoms with E-state index in [1.54, 1.807) is 4.68 Å². The maximum Gasteiger partial charge on any atom is 0.215 e. The van der Waals surface area contributed by atoms with Gasteiger partial charge in [-0.25, -0.2) is 0 Å². The Morgan fingerprint density at radius 1 is 1.33 bits per heavy atom. The number of rotatable bonds is 4. The number of thioether (sulfide) groups is 1. The van der Waals surface area contributed by atoms with E-state index in [2.05, 4.69) is 47.6 Å². The number of aromatic nitrogens is 4. The fourth-order valence-electron chi connectivity index (χ4n) is 1.53. The van der Waals surface area contributed by atoms with Crippen LogP contribution in [0.5, 0.6) is 0 Å². The molecule has 2 rings (SSSR count). The minimum absolute atomic E-state index is 0.338. The average Bonchev–Trinajstić information content (AvgIpc) is 2.84. The Morgan fingerprint density at radius 3 is 2.67 bits per heavy atom. The van der Waals surface area contributed by atoms with E-state index in [9.17, 15) is 0 Å². The zero-order valence-electron chi connectivity index (χ0n) is 10.2. The number of hydrogen-bond acceptors (Lipinski definition) is 5. The van der Waals surface area contributed by atoms with Crippen LogP contribution in [0, 0.1) is 11.3 Å². The minimum atomic E-state index is 0.338. The summed E-state index contributed by atoms with van der Waals surface area (Å²) in [6.07, 6.45) is 0. The smallest absolute Gasteiger partial charge is 0.197 e. The summed E-state index contributed by atoms with van der Waals surface area (Å²) in [6.45, 7) is 4.31. The quantitative estimate of drug-likeness (QED) is 0.789. The van der Waals surface area contributed by atoms with Gasteiger partial charge < -0.3 is 0 Å². The van der Waals surface area contributed by atoms with Crippen LogP contribution in [0.2, 0.25) is 0 Å². The third-order valence-corrected chi connectivity index (χ3v) is 3.30. The van der Waals surface area contributed by atoms with Crippen molar-refractivity contribution < 1.29 is 0 Å². The Bertz CT molecular complexity index is 553. The Balaban J connectivity index is 2.26. The number of benzene rings is 1. The van der Waals surface area contributed by atoms with Crippen LogP contribution in [-0.2, 0) is 0 Å². The molecule has 0 fully saturated rings. The predicted molar refractivity (Wildman–Crippen MR) is 69.6 cm³/mol. The topological polar surface area (TPSA) is 67.4 Å². The molecule has 0 spiro atoms. The first-order valence-corrected chi connectivity index (χ1v) is 6.59. The highest BCUT2D eigenvalue weighted by Crippen LogP contribution is 2.20. The second-order valence-electron chi connectivity index (χ2n) is 4.07. The van der Waals surface area contributed by atoms with Crippen LogP contribution in [0.15, 0.2) is 29.4 Å². The Labute approximate surface area is 110 Å². The van der Waals surface area contributed by atoms with Gasteiger partial charge in [-0.3, -0.25) is 0 Å². The van der Waals surface area contributed by atoms with Crippen molar-refractivity contribution in [2.45, 2.75) is 24.9 Å². The summed E-state index contributed by atoms with van der Waals surface area (Å²) < 4.78 is 1.64. The largest absolute Gasteiger partial charge is 0.215 e. The second kappa shape index (κ2) is 5.65. The molecule has 0 radical (unpaired) electrons. The van der Waals surface area contributed by atoms with Crippen molar-refractivity contribution in [2.75, 3.05) is 5.75 Å². The molecule has 0 aliphatic rings. The summed E-state index contributed by atoms with van der Waals surface area (Å²) in [6, 6.07) is 10.2. The highest BCUT2D eigenvalue weighted by molar-refractivity contribution is 7.99. The number of tetrazole rings is 1. The van der Waals surface area contributed by atoms with Gasteiger partial charge in [0.25, 0.3) is 0 Å². The fraction of sp³-hybridized carbons (Fsp3) is 0.333. The molecule has 0 saturated carbocycles. The van der Waals surface area contributed by atoms with Gasteiger partial charge in [0, 0.05) is 0 Å². The minimum Gasteiger partial charge on any atom is -0.197 e. The molecule has 18 heavy (non-hydrogen) atoms. The lowest BCUT2D eigenvalue weighted by Crippen LogP contribution is -1.99. The third-order valence-electron chi connectivity index (χ3n) is 2.51. The summed E-state index contributed by atoms with van der Waals surface area (Å²) >= 11 is 1.32. The van der Waals surface area contributed by atoms with E-state index in [-0.39, 0.29) is 0 Å². The molecule has 1 aromatic heterocycles. The molecule has 1 heterocycles. The van der Waals surface area contributed by atoms with Crippen molar-refractivity contribution in [1.82, 2.24) is 20.2 Å². The van der Waals surface area contributed by atoms with Crippen molar-refractivity contribution >= 4 is 11.8 Å². The molecule has 0 atom stereocenters. The number of hydrogen-bond donors (Lipinski definition) is 0. The van der Waals surface area contributed by atoms with Gasteiger partial charge in [-0.1, -0.05) is 37.7 Å². The fourth-order valence-corrected chi connectivity index (χ4v) is 2.08. The third kappa shape index (κ3) is 2.68. The maximum absolute atomic E-state index is 8.58. The summed E-state index contributed by atoms with van der Waals surface area (Å²) in [4.78, 5) is 0. The molecular formula is C12H13N5S. The van der Waals surface area contributed by atoms with Gasteiger partial charge in [0.15, 0.2) is 0 Å². The van der Waals surface area contributed by atoms with Crippen molar-refractivity contribution in [3.8, 4) is 11.8 Å². The molecule has 0 bridgehead atoms. The van der Waals surface area contributed by atoms with E-state index in [4.69, 9.17) is 5.26 Å². The lowest BCUT2D eigenvalue weighted by Gasteiger charge is -2.07. The van der Waals surface area contributed by atoms with Crippen molar-refractivity contribution in [1.29, 1.82) is 5.26 Å². The molecule has 0 unspecified atom stereocenters. The standard InChI is InChI=1S/C12H13N5S/c1-9(2)10-3-5-11(6-4-10)17-12(14-15-16-17)18-8-7-13/h3-6,9H,8H2,1-2H3. The first-order chi connectivity index (χ1) is 8.72. The van der Waals surface area contributed by atoms with Gasteiger partial charge in [-0.05, 0) is 34.0 Å². The Kier molecular flexibility index (Phi) is 3.95. The second-order valence-corrected chi connectivity index (χ2v) is 5.01. The molecule has 0 aliphatic heterocycles. The lowest BCUT2D eigenvalue weighted by molar-refractivity contribution is 0.755. The summed E-state index contributed by atoms with van der Waals surface area (Å²) in [5.41, 5.74) is 2.18. The van der Waals surface area contributed by atoms with Crippen LogP contribution in [0.25, 0.3) is 5.69 Å². The Morgan fingerprint density at radius 2 is 2.06 bits per heavy atom. The van der Waals surface area contributed by atoms with Gasteiger partial charge in [-0.15, -0.1) is 5.10 Å². The summed E-state index contributed by atoms with van der Waals surface area (Å²) in [5.74, 6) is 0.838. The monoisotopic (exact) mass is 259 g/mol. The van der Waals surface area contributed by atoms with E-state index in [0.29, 0.717) is 16.8 Å². The maximum atomic E-state index is 8.58. The first-order valence-electron chi connectivity index (χ1n) is 5.61. The highest BCUT2D eigenvalue weighted by Gasteiger charge is 2.08. The highest BCUT2D eigenvalue weighted by atomic mass is 32.2. The van der Waals surface area contributed by atoms with E-state index < -0.39 is 0 Å². The van der Waals surface area contributed by atoms with E-state index in [1.807, 2.05) is 12.1 Å². The zero-order valence-corrected chi connectivity index (χ0v) is 11.1. The molecule has 2 aromatic rings. The van der Waals surface area contributed by atoms with Crippen LogP contribution in [0.3, 0.4) is 0 Å². The van der Waals surface area contributed by atoms with Crippen LogP contribution in [0.1, 0.15) is 25.3 Å². The van der Waals surface area contributed by atoms with E-state index >= 15 is 0 Å². The van der Waals surface area contributed by atoms with E-state index in [1.165, 1.54) is 17.3 Å². The molecule has 1 aromatic carbocycles. The van der Waals surface area contributed by atoms with Crippen molar-refractivity contribution in [3.63, 3.8) is 0 Å². The molecule has 0 amide bonds. The van der Waals surface area contributed by atoms with Gasteiger partial charge in [0.1, 0.15) is 0 Å². The van der Waals surface area contributed by atoms with Gasteiger partial charge in [-0.2, -0.15) is 9.94 Å². The van der Waals surface area contributed by atoms with Gasteiger partial charge in [0.2, 0.25) is 5.16 Å². The van der Waals surface area contributed by atoms with Crippen molar-refractivity contribution in [3.05, 3.63) is 29.8 Å². The molecule has 0 N–H and O–H groups in total. The van der Waals surface area contributed by atoms with E-state index in [0.717, 1.165) is 5.69 Å². The lowest BCUT2D eigenvalue weighted by atomic mass is 10.0. The molecule has 92 valence electrons. The predicted octanol–water partition coefficient (Wildman–Crippen LogP) is 2.40. The van der Waals surface area contributed by atoms with Crippen LogP contribution in [-0.4, -0.2) is 26.0 Å². The molecule has 0 aliphatic carbocycles. The zero-order chi connectivity index (χ0) is 13.0. The molecule has 6 heteroatoms. The Hall–Kier alpha value is -1.87. The normalized spacial score (nSPS) is 10.6. The van der Waals surface area contributed by atoms with Crippen molar-refractivity contribution in [2.24, 2.45) is 0 Å². The number of nitrogens with zero attached hydrogens (tertiary/aromatic N) is 5. The van der Waals surface area contributed by atoms with Crippen LogP contribution < -0.4 is 0 Å². The van der Waals surface area contributed by atoms with Gasteiger partial charge >= 0.3 is 0 Å². The average molecular weight is 259 g/mol. The molecule has 5 nitrogen and oxygen atoms in total. The molecular weight excluding hydrogens is 246 g/mol. The first kappa shape index (κ1) is 12.6. The summed E-state index contributed by atoms with van der Waals surface area (Å²) in [5, 5.41) is 20.7. The van der Waals surface area contributed by atoms with Gasteiger partial charge in [0.05, 0.1) is 17.5 Å². The van der Waals surface area contributed by atoms with Crippen LogP contribution >= 0.6 is 11.8 Å². The van der Waals surface area contributed by atoms with Crippen LogP contribution in [0.4, 0.5) is 0 Å². The summed E-state index contributed by atoms with van der Waals surface area (Å²) in [7, 11) is 0.